The molecular formula is C26H31NO11. The van der Waals surface area contributed by atoms with Gasteiger partial charge in [-0.3, -0.25) is 9.59 Å². The summed E-state index contributed by atoms with van der Waals surface area (Å²) in [5.74, 6) is -4.95. The molecule has 4 rings (SSSR count). The molecule has 1 aromatic carbocycles. The van der Waals surface area contributed by atoms with E-state index in [-0.39, 0.29) is 36.1 Å². The van der Waals surface area contributed by atoms with Gasteiger partial charge in [-0.25, -0.2) is 9.59 Å². The van der Waals surface area contributed by atoms with E-state index in [1.54, 1.807) is 0 Å². The molecule has 0 saturated heterocycles. The number of aliphatic hydroxyl groups is 1. The summed E-state index contributed by atoms with van der Waals surface area (Å²) in [6.45, 7) is 2.62. The van der Waals surface area contributed by atoms with Crippen LogP contribution in [0, 0.1) is 0 Å². The number of carboxylic acid groups (broad SMARTS) is 1. The van der Waals surface area contributed by atoms with Crippen molar-refractivity contribution in [2.75, 3.05) is 13.6 Å². The summed E-state index contributed by atoms with van der Waals surface area (Å²) in [4.78, 5) is 50.0. The SMILES string of the molecule is CC(=O)O[C@@H](C(=O)O)[C@@H](OC(C)=O)C(=O)OC1=CC[C@]2(O)C[C@H]1Oc1c(O)ccc3c1CCCN(C)[C@@H]2C3. The molecule has 5 atom stereocenters. The monoisotopic (exact) mass is 533 g/mol. The second kappa shape index (κ2) is 10.6. The molecule has 0 radical (unpaired) electrons. The number of hydrogen-bond donors (Lipinski definition) is 3. The Balaban J connectivity index is 1.71. The van der Waals surface area contributed by atoms with Gasteiger partial charge in [0, 0.05) is 31.9 Å². The normalized spacial score (nSPS) is 26.1. The lowest BCUT2D eigenvalue weighted by Gasteiger charge is -2.44. The number of aromatic hydroxyl groups is 1. The highest BCUT2D eigenvalue weighted by molar-refractivity contribution is 5.88. The number of aliphatic carboxylic acids is 1. The zero-order chi connectivity index (χ0) is 27.8. The predicted molar refractivity (Wildman–Crippen MR) is 128 cm³/mol. The lowest BCUT2D eigenvalue weighted by Crippen LogP contribution is -2.56. The molecule has 0 spiro atoms. The van der Waals surface area contributed by atoms with Crippen LogP contribution < -0.4 is 4.74 Å². The molecule has 0 fully saturated rings. The van der Waals surface area contributed by atoms with Gasteiger partial charge in [0.2, 0.25) is 12.2 Å². The number of benzene rings is 1. The summed E-state index contributed by atoms with van der Waals surface area (Å²) in [7, 11) is 1.94. The molecule has 1 aromatic rings. The maximum absolute atomic E-state index is 13.1. The van der Waals surface area contributed by atoms with E-state index in [1.165, 1.54) is 12.1 Å². The number of phenols is 1. The van der Waals surface area contributed by atoms with Crippen LogP contribution in [0.2, 0.25) is 0 Å². The van der Waals surface area contributed by atoms with Crippen molar-refractivity contribution in [3.05, 3.63) is 35.1 Å². The first-order chi connectivity index (χ1) is 17.9. The summed E-state index contributed by atoms with van der Waals surface area (Å²) in [5, 5.41) is 32.0. The Hall–Kier alpha value is -3.64. The number of nitrogens with zero attached hydrogens (tertiary/aromatic N) is 1. The van der Waals surface area contributed by atoms with Gasteiger partial charge in [-0.1, -0.05) is 6.07 Å². The Kier molecular flexibility index (Phi) is 7.65. The Bertz CT molecular complexity index is 1180. The third-order valence-electron chi connectivity index (χ3n) is 7.17. The molecule has 206 valence electrons. The first kappa shape index (κ1) is 27.4. The van der Waals surface area contributed by atoms with Gasteiger partial charge in [0.25, 0.3) is 0 Å². The molecule has 1 aliphatic carbocycles. The highest BCUT2D eigenvalue weighted by atomic mass is 16.6. The molecule has 0 unspecified atom stereocenters. The van der Waals surface area contributed by atoms with E-state index in [9.17, 15) is 34.5 Å². The molecule has 3 aliphatic rings. The van der Waals surface area contributed by atoms with Crippen LogP contribution >= 0.6 is 0 Å². The molecular weight excluding hydrogens is 502 g/mol. The Morgan fingerprint density at radius 2 is 1.82 bits per heavy atom. The third kappa shape index (κ3) is 5.46. The highest BCUT2D eigenvalue weighted by Crippen LogP contribution is 2.44. The number of carboxylic acids is 1. The minimum absolute atomic E-state index is 0.00297. The van der Waals surface area contributed by atoms with Crippen LogP contribution in [0.15, 0.2) is 24.0 Å². The van der Waals surface area contributed by atoms with Crippen LogP contribution in [0.3, 0.4) is 0 Å². The van der Waals surface area contributed by atoms with Crippen molar-refractivity contribution in [2.45, 2.75) is 75.9 Å². The number of esters is 3. The van der Waals surface area contributed by atoms with Crippen molar-refractivity contribution in [2.24, 2.45) is 0 Å². The number of fused-ring (bicyclic) bond motifs is 4. The molecule has 12 nitrogen and oxygen atoms in total. The lowest BCUT2D eigenvalue weighted by atomic mass is 9.77. The van der Waals surface area contributed by atoms with Gasteiger partial charge in [-0.2, -0.15) is 0 Å². The number of phenolic OH excluding ortho intramolecular Hbond substituents is 1. The first-order valence-electron chi connectivity index (χ1n) is 12.3. The standard InChI is InChI=1S/C26H31NO11/c1-13(28)35-22(24(31)32)23(36-14(2)29)25(33)38-18-8-9-26(34)12-19(18)37-21-16-5-4-10-27(3)20(26)11-15(16)6-7-17(21)30/h6-8,19-20,22-23,30,34H,4-5,9-12H2,1-3H3,(H,31,32)/t19-,20-,22-,23-,26+/m1/s1. The average molecular weight is 534 g/mol. The van der Waals surface area contributed by atoms with E-state index in [0.717, 1.165) is 31.4 Å². The molecule has 12 heteroatoms. The topological polar surface area (TPSA) is 169 Å². The highest BCUT2D eigenvalue weighted by Gasteiger charge is 2.48. The predicted octanol–water partition coefficient (Wildman–Crippen LogP) is 0.842. The fraction of sp³-hybridized carbons (Fsp3) is 0.538. The van der Waals surface area contributed by atoms with Crippen LogP contribution in [0.1, 0.15) is 44.2 Å². The summed E-state index contributed by atoms with van der Waals surface area (Å²) in [6.07, 6.45) is -1.81. The van der Waals surface area contributed by atoms with Crippen molar-refractivity contribution in [1.82, 2.24) is 4.90 Å². The summed E-state index contributed by atoms with van der Waals surface area (Å²) in [5.41, 5.74) is 0.473. The van der Waals surface area contributed by atoms with E-state index in [0.29, 0.717) is 19.4 Å². The van der Waals surface area contributed by atoms with Gasteiger partial charge < -0.3 is 39.2 Å². The van der Waals surface area contributed by atoms with Crippen molar-refractivity contribution in [3.8, 4) is 11.5 Å². The van der Waals surface area contributed by atoms with Crippen LogP contribution in [-0.4, -0.2) is 87.6 Å². The quantitative estimate of drug-likeness (QED) is 0.348. The Morgan fingerprint density at radius 3 is 2.47 bits per heavy atom. The van der Waals surface area contributed by atoms with Crippen LogP contribution in [0.25, 0.3) is 0 Å². The second-order valence-electron chi connectivity index (χ2n) is 9.90. The molecule has 6 bridgehead atoms. The first-order valence-corrected chi connectivity index (χ1v) is 12.3. The lowest BCUT2D eigenvalue weighted by molar-refractivity contribution is -0.187. The van der Waals surface area contributed by atoms with Crippen LogP contribution in [0.4, 0.5) is 0 Å². The second-order valence-corrected chi connectivity index (χ2v) is 9.90. The van der Waals surface area contributed by atoms with E-state index >= 15 is 0 Å². The van der Waals surface area contributed by atoms with Crippen LogP contribution in [0.5, 0.6) is 11.5 Å². The smallest absolute Gasteiger partial charge is 0.357 e. The average Bonchev–Trinajstić information content (AvgIpc) is 2.83. The largest absolute Gasteiger partial charge is 0.504 e. The maximum Gasteiger partial charge on any atom is 0.357 e. The fourth-order valence-electron chi connectivity index (χ4n) is 5.42. The number of likely N-dealkylation sites (N-methyl/N-ethyl adjacent to an activating group) is 1. The molecule has 2 aliphatic heterocycles. The molecule has 0 aromatic heterocycles. The van der Waals surface area contributed by atoms with Gasteiger partial charge in [-0.15, -0.1) is 0 Å². The number of ether oxygens (including phenoxy) is 4. The van der Waals surface area contributed by atoms with E-state index in [1.807, 2.05) is 13.1 Å². The zero-order valence-corrected chi connectivity index (χ0v) is 21.3. The maximum atomic E-state index is 13.1. The van der Waals surface area contributed by atoms with Gasteiger partial charge in [0.05, 0.1) is 5.60 Å². The van der Waals surface area contributed by atoms with Gasteiger partial charge >= 0.3 is 23.9 Å². The van der Waals surface area contributed by atoms with Crippen molar-refractivity contribution in [3.63, 3.8) is 0 Å². The van der Waals surface area contributed by atoms with E-state index < -0.39 is 47.8 Å². The number of hydrogen-bond acceptors (Lipinski definition) is 11. The number of carbonyl (C=O) groups excluding carboxylic acids is 3. The summed E-state index contributed by atoms with van der Waals surface area (Å²) >= 11 is 0. The van der Waals surface area contributed by atoms with E-state index in [4.69, 9.17) is 18.9 Å². The third-order valence-corrected chi connectivity index (χ3v) is 7.17. The van der Waals surface area contributed by atoms with Crippen molar-refractivity contribution < 1.29 is 53.4 Å². The van der Waals surface area contributed by atoms with Crippen LogP contribution in [-0.2, 0) is 46.2 Å². The summed E-state index contributed by atoms with van der Waals surface area (Å²) in [6, 6.07) is 3.04. The van der Waals surface area contributed by atoms with Crippen molar-refractivity contribution in [1.29, 1.82) is 0 Å². The van der Waals surface area contributed by atoms with Gasteiger partial charge in [0.1, 0.15) is 5.76 Å². The van der Waals surface area contributed by atoms with Gasteiger partial charge in [-0.05, 0) is 57.0 Å². The molecule has 38 heavy (non-hydrogen) atoms. The molecule has 0 amide bonds. The summed E-state index contributed by atoms with van der Waals surface area (Å²) < 4.78 is 21.3. The minimum Gasteiger partial charge on any atom is -0.504 e. The Morgan fingerprint density at radius 1 is 1.13 bits per heavy atom. The van der Waals surface area contributed by atoms with E-state index in [2.05, 4.69) is 4.90 Å². The molecule has 3 N–H and O–H groups in total. The van der Waals surface area contributed by atoms with Gasteiger partial charge in [0.15, 0.2) is 17.6 Å². The Labute approximate surface area is 218 Å². The zero-order valence-electron chi connectivity index (χ0n) is 21.3. The minimum atomic E-state index is -2.15. The van der Waals surface area contributed by atoms with Crippen molar-refractivity contribution >= 4 is 23.9 Å². The molecule has 2 heterocycles. The number of rotatable bonds is 6. The number of carbonyl (C=O) groups is 4. The fourth-order valence-corrected chi connectivity index (χ4v) is 5.42. The molecule has 0 saturated carbocycles.